The zero-order valence-corrected chi connectivity index (χ0v) is 12.5. The second kappa shape index (κ2) is 5.88. The summed E-state index contributed by atoms with van der Waals surface area (Å²) < 4.78 is 0. The van der Waals surface area contributed by atoms with Gasteiger partial charge in [0.15, 0.2) is 0 Å². The molecule has 0 saturated heterocycles. The van der Waals surface area contributed by atoms with Crippen LogP contribution in [-0.2, 0) is 16.1 Å². The first kappa shape index (κ1) is 14.9. The average molecular weight is 292 g/mol. The van der Waals surface area contributed by atoms with E-state index >= 15 is 0 Å². The third-order valence-corrected chi connectivity index (χ3v) is 3.84. The van der Waals surface area contributed by atoms with Crippen molar-refractivity contribution in [1.29, 1.82) is 0 Å². The fraction of sp³-hybridized carbons (Fsp3) is 0.438. The Balaban J connectivity index is 2.03. The van der Waals surface area contributed by atoms with Crippen LogP contribution in [0.3, 0.4) is 0 Å². The van der Waals surface area contributed by atoms with Crippen LogP contribution >= 0.6 is 11.6 Å². The Morgan fingerprint density at radius 2 is 1.85 bits per heavy atom. The van der Waals surface area contributed by atoms with Gasteiger partial charge in [-0.05, 0) is 17.0 Å². The van der Waals surface area contributed by atoms with Gasteiger partial charge < -0.3 is 0 Å². The van der Waals surface area contributed by atoms with E-state index in [1.165, 1.54) is 6.21 Å². The Kier molecular flexibility index (Phi) is 4.39. The van der Waals surface area contributed by atoms with Gasteiger partial charge in [-0.2, -0.15) is 0 Å². The van der Waals surface area contributed by atoms with E-state index in [-0.39, 0.29) is 17.0 Å². The van der Waals surface area contributed by atoms with Gasteiger partial charge in [0.1, 0.15) is 17.5 Å². The lowest BCUT2D eigenvalue weighted by atomic mass is 9.72. The van der Waals surface area contributed by atoms with Crippen molar-refractivity contribution in [2.75, 3.05) is 0 Å². The third-order valence-electron chi connectivity index (χ3n) is 3.47. The SMILES string of the molecule is CC1(C)CC(=O)C(C=NCc2ccccc2Cl)C(=O)C1. The predicted octanol–water partition coefficient (Wildman–Crippen LogP) is 3.49. The van der Waals surface area contributed by atoms with Crippen LogP contribution < -0.4 is 0 Å². The molecule has 1 aliphatic carbocycles. The molecular formula is C16H18ClNO2. The molecule has 1 aliphatic rings. The van der Waals surface area contributed by atoms with Crippen LogP contribution in [0.2, 0.25) is 5.02 Å². The predicted molar refractivity (Wildman–Crippen MR) is 80.2 cm³/mol. The van der Waals surface area contributed by atoms with Crippen molar-refractivity contribution in [2.45, 2.75) is 33.2 Å². The number of carbonyl (C=O) groups is 2. The summed E-state index contributed by atoms with van der Waals surface area (Å²) in [7, 11) is 0. The highest BCUT2D eigenvalue weighted by molar-refractivity contribution is 6.31. The maximum Gasteiger partial charge on any atom is 0.149 e. The van der Waals surface area contributed by atoms with Crippen LogP contribution in [0.25, 0.3) is 0 Å². The van der Waals surface area contributed by atoms with E-state index in [1.807, 2.05) is 32.0 Å². The van der Waals surface area contributed by atoms with Gasteiger partial charge >= 0.3 is 0 Å². The van der Waals surface area contributed by atoms with Gasteiger partial charge in [0.05, 0.1) is 6.54 Å². The number of hydrogen-bond donors (Lipinski definition) is 0. The molecule has 0 unspecified atom stereocenters. The van der Waals surface area contributed by atoms with E-state index in [4.69, 9.17) is 11.6 Å². The Bertz CT molecular complexity index is 543. The lowest BCUT2D eigenvalue weighted by molar-refractivity contribution is -0.136. The topological polar surface area (TPSA) is 46.5 Å². The lowest BCUT2D eigenvalue weighted by Crippen LogP contribution is -2.38. The summed E-state index contributed by atoms with van der Waals surface area (Å²) in [4.78, 5) is 28.2. The van der Waals surface area contributed by atoms with Gasteiger partial charge in [0.2, 0.25) is 0 Å². The smallest absolute Gasteiger partial charge is 0.149 e. The van der Waals surface area contributed by atoms with Crippen molar-refractivity contribution in [3.05, 3.63) is 34.9 Å². The number of halogens is 1. The van der Waals surface area contributed by atoms with Crippen molar-refractivity contribution in [3.63, 3.8) is 0 Å². The normalized spacial score (nSPS) is 19.8. The fourth-order valence-electron chi connectivity index (χ4n) is 2.45. The molecule has 0 aliphatic heterocycles. The van der Waals surface area contributed by atoms with Crippen molar-refractivity contribution in [2.24, 2.45) is 16.3 Å². The number of nitrogens with zero attached hydrogens (tertiary/aromatic N) is 1. The summed E-state index contributed by atoms with van der Waals surface area (Å²) in [6.45, 7) is 4.28. The molecule has 2 rings (SSSR count). The molecule has 0 atom stereocenters. The molecule has 0 spiro atoms. The molecule has 1 fully saturated rings. The number of benzene rings is 1. The molecular weight excluding hydrogens is 274 g/mol. The minimum atomic E-state index is -0.675. The molecule has 1 aromatic carbocycles. The molecule has 106 valence electrons. The van der Waals surface area contributed by atoms with Gasteiger partial charge in [-0.25, -0.2) is 0 Å². The molecule has 0 aromatic heterocycles. The second-order valence-corrected chi connectivity index (χ2v) is 6.42. The molecule has 1 aromatic rings. The zero-order valence-electron chi connectivity index (χ0n) is 11.7. The number of hydrogen-bond acceptors (Lipinski definition) is 3. The number of carbonyl (C=O) groups excluding carboxylic acids is 2. The van der Waals surface area contributed by atoms with E-state index in [0.29, 0.717) is 24.4 Å². The van der Waals surface area contributed by atoms with E-state index in [9.17, 15) is 9.59 Å². The summed E-state index contributed by atoms with van der Waals surface area (Å²) in [5.74, 6) is -0.742. The average Bonchev–Trinajstić information content (AvgIpc) is 2.33. The number of aliphatic imine (C=N–C) groups is 1. The largest absolute Gasteiger partial charge is 0.298 e. The highest BCUT2D eigenvalue weighted by Gasteiger charge is 2.38. The number of Topliss-reactive ketones (excluding diaryl/α,β-unsaturated/α-hetero) is 2. The monoisotopic (exact) mass is 291 g/mol. The van der Waals surface area contributed by atoms with Gasteiger partial charge in [0.25, 0.3) is 0 Å². The molecule has 0 heterocycles. The van der Waals surface area contributed by atoms with Crippen LogP contribution in [0.15, 0.2) is 29.3 Å². The van der Waals surface area contributed by atoms with Crippen molar-refractivity contribution < 1.29 is 9.59 Å². The zero-order chi connectivity index (χ0) is 14.8. The minimum Gasteiger partial charge on any atom is -0.298 e. The summed E-state index contributed by atoms with van der Waals surface area (Å²) in [6, 6.07) is 7.42. The van der Waals surface area contributed by atoms with E-state index in [2.05, 4.69) is 4.99 Å². The third kappa shape index (κ3) is 3.54. The Labute approximate surface area is 124 Å². The molecule has 0 radical (unpaired) electrons. The second-order valence-electron chi connectivity index (χ2n) is 6.01. The van der Waals surface area contributed by atoms with E-state index < -0.39 is 5.92 Å². The van der Waals surface area contributed by atoms with Crippen LogP contribution in [-0.4, -0.2) is 17.8 Å². The molecule has 1 saturated carbocycles. The van der Waals surface area contributed by atoms with Gasteiger partial charge in [-0.1, -0.05) is 43.6 Å². The molecule has 0 amide bonds. The van der Waals surface area contributed by atoms with Crippen LogP contribution in [0.4, 0.5) is 0 Å². The van der Waals surface area contributed by atoms with Crippen LogP contribution in [0, 0.1) is 11.3 Å². The van der Waals surface area contributed by atoms with Gasteiger partial charge in [0, 0.05) is 24.1 Å². The van der Waals surface area contributed by atoms with E-state index in [0.717, 1.165) is 5.56 Å². The number of ketones is 2. The number of rotatable bonds is 3. The summed E-state index contributed by atoms with van der Waals surface area (Å²) >= 11 is 6.03. The van der Waals surface area contributed by atoms with Gasteiger partial charge in [-0.3, -0.25) is 14.6 Å². The maximum atomic E-state index is 12.0. The summed E-state index contributed by atoms with van der Waals surface area (Å²) in [5, 5.41) is 0.645. The molecule has 3 nitrogen and oxygen atoms in total. The van der Waals surface area contributed by atoms with Crippen molar-refractivity contribution >= 4 is 29.4 Å². The summed E-state index contributed by atoms with van der Waals surface area (Å²) in [5.41, 5.74) is 0.669. The standard InChI is InChI=1S/C16H18ClNO2/c1-16(2)7-14(19)12(15(20)8-16)10-18-9-11-5-3-4-6-13(11)17/h3-6,10,12H,7-9H2,1-2H3. The van der Waals surface area contributed by atoms with Crippen molar-refractivity contribution in [3.8, 4) is 0 Å². The maximum absolute atomic E-state index is 12.0. The fourth-order valence-corrected chi connectivity index (χ4v) is 2.65. The molecule has 4 heteroatoms. The Hall–Kier alpha value is -1.48. The molecule has 0 N–H and O–H groups in total. The van der Waals surface area contributed by atoms with Gasteiger partial charge in [-0.15, -0.1) is 0 Å². The highest BCUT2D eigenvalue weighted by Crippen LogP contribution is 2.33. The Morgan fingerprint density at radius 1 is 1.25 bits per heavy atom. The first-order valence-electron chi connectivity index (χ1n) is 6.68. The quantitative estimate of drug-likeness (QED) is 0.632. The lowest BCUT2D eigenvalue weighted by Gasteiger charge is -2.30. The van der Waals surface area contributed by atoms with E-state index in [1.54, 1.807) is 6.07 Å². The molecule has 20 heavy (non-hydrogen) atoms. The first-order valence-corrected chi connectivity index (χ1v) is 7.06. The van der Waals surface area contributed by atoms with Crippen LogP contribution in [0.1, 0.15) is 32.3 Å². The van der Waals surface area contributed by atoms with Crippen LogP contribution in [0.5, 0.6) is 0 Å². The highest BCUT2D eigenvalue weighted by atomic mass is 35.5. The molecule has 0 bridgehead atoms. The Morgan fingerprint density at radius 3 is 2.45 bits per heavy atom. The first-order chi connectivity index (χ1) is 9.39. The van der Waals surface area contributed by atoms with Crippen molar-refractivity contribution in [1.82, 2.24) is 0 Å². The minimum absolute atomic E-state index is 0.0332. The summed E-state index contributed by atoms with van der Waals surface area (Å²) in [6.07, 6.45) is 2.35.